The number of fused-ring (bicyclic) bond motifs is 1. The molecule has 0 saturated carbocycles. The molecule has 2 aromatic rings. The number of pyridine rings is 1. The van der Waals surface area contributed by atoms with Crippen LogP contribution in [-0.4, -0.2) is 50.1 Å². The first-order valence-corrected chi connectivity index (χ1v) is 9.74. The van der Waals surface area contributed by atoms with Crippen LogP contribution in [-0.2, 0) is 14.1 Å². The number of hydrogen-bond acceptors (Lipinski definition) is 5. The minimum absolute atomic E-state index is 0.170. The second-order valence-electron chi connectivity index (χ2n) is 8.26. The first-order valence-electron chi connectivity index (χ1n) is 9.74. The number of nitrogens with zero attached hydrogens (tertiary/aromatic N) is 4. The van der Waals surface area contributed by atoms with Gasteiger partial charge in [0.1, 0.15) is 5.65 Å². The van der Waals surface area contributed by atoms with Gasteiger partial charge in [0.2, 0.25) is 0 Å². The number of likely N-dealkylation sites (tertiary alicyclic amines) is 1. The summed E-state index contributed by atoms with van der Waals surface area (Å²) < 4.78 is 2.31. The summed E-state index contributed by atoms with van der Waals surface area (Å²) in [5.41, 5.74) is -0.0803. The van der Waals surface area contributed by atoms with E-state index < -0.39 is 11.2 Å². The van der Waals surface area contributed by atoms with Crippen LogP contribution in [0.2, 0.25) is 0 Å². The molecular formula is C20H29N5O3. The Bertz CT molecular complexity index is 1030. The predicted octanol–water partition coefficient (Wildman–Crippen LogP) is 0.935. The fourth-order valence-electron chi connectivity index (χ4n) is 3.86. The Morgan fingerprint density at radius 2 is 1.79 bits per heavy atom. The topological polar surface area (TPSA) is 89.2 Å². The van der Waals surface area contributed by atoms with E-state index in [4.69, 9.17) is 0 Å². The van der Waals surface area contributed by atoms with Gasteiger partial charge in [0.05, 0.1) is 10.9 Å². The van der Waals surface area contributed by atoms with Crippen molar-refractivity contribution >= 4 is 16.9 Å². The van der Waals surface area contributed by atoms with Crippen molar-refractivity contribution in [3.05, 3.63) is 38.2 Å². The van der Waals surface area contributed by atoms with E-state index in [0.717, 1.165) is 17.7 Å². The quantitative estimate of drug-likeness (QED) is 0.843. The van der Waals surface area contributed by atoms with Crippen molar-refractivity contribution < 1.29 is 4.79 Å². The van der Waals surface area contributed by atoms with E-state index in [0.29, 0.717) is 12.2 Å². The Kier molecular flexibility index (Phi) is 5.43. The van der Waals surface area contributed by atoms with Gasteiger partial charge in [-0.25, -0.2) is 9.78 Å². The third kappa shape index (κ3) is 3.61. The SMILES string of the molecule is Cc1cc(C(=O)NCC(C)(C)N2CCCCC2)c2c(=O)n(C)c(=O)n(C)c2n1. The number of carbonyl (C=O) groups excluding carboxylic acids is 1. The first-order chi connectivity index (χ1) is 13.1. The summed E-state index contributed by atoms with van der Waals surface area (Å²) >= 11 is 0. The molecule has 3 heterocycles. The molecule has 0 unspecified atom stereocenters. The van der Waals surface area contributed by atoms with Crippen LogP contribution in [0.4, 0.5) is 0 Å². The molecular weight excluding hydrogens is 358 g/mol. The maximum absolute atomic E-state index is 13.0. The minimum atomic E-state index is -0.508. The van der Waals surface area contributed by atoms with Crippen LogP contribution in [0.5, 0.6) is 0 Å². The lowest BCUT2D eigenvalue weighted by Crippen LogP contribution is -2.53. The number of piperidine rings is 1. The molecule has 0 bridgehead atoms. The van der Waals surface area contributed by atoms with Crippen molar-refractivity contribution in [1.29, 1.82) is 0 Å². The monoisotopic (exact) mass is 387 g/mol. The van der Waals surface area contributed by atoms with E-state index in [1.807, 2.05) is 0 Å². The van der Waals surface area contributed by atoms with Crippen LogP contribution in [0.25, 0.3) is 11.0 Å². The van der Waals surface area contributed by atoms with Crippen molar-refractivity contribution in [3.63, 3.8) is 0 Å². The molecule has 2 aromatic heterocycles. The molecule has 0 aromatic carbocycles. The van der Waals surface area contributed by atoms with Crippen LogP contribution >= 0.6 is 0 Å². The lowest BCUT2D eigenvalue weighted by Gasteiger charge is -2.41. The van der Waals surface area contributed by atoms with E-state index in [9.17, 15) is 14.4 Å². The molecule has 0 atom stereocenters. The van der Waals surface area contributed by atoms with Gasteiger partial charge in [-0.1, -0.05) is 6.42 Å². The number of nitrogens with one attached hydrogen (secondary N) is 1. The molecule has 0 aliphatic carbocycles. The molecule has 1 aliphatic rings. The van der Waals surface area contributed by atoms with E-state index in [1.165, 1.54) is 30.9 Å². The lowest BCUT2D eigenvalue weighted by molar-refractivity contribution is 0.0798. The molecule has 8 heteroatoms. The fraction of sp³-hybridized carbons (Fsp3) is 0.600. The Morgan fingerprint density at radius 3 is 2.43 bits per heavy atom. The number of hydrogen-bond donors (Lipinski definition) is 1. The van der Waals surface area contributed by atoms with Crippen molar-refractivity contribution in [2.24, 2.45) is 14.1 Å². The number of aryl methyl sites for hydroxylation is 2. The summed E-state index contributed by atoms with van der Waals surface area (Å²) in [4.78, 5) is 44.6. The summed E-state index contributed by atoms with van der Waals surface area (Å²) in [5.74, 6) is -0.323. The molecule has 0 spiro atoms. The fourth-order valence-corrected chi connectivity index (χ4v) is 3.86. The normalized spacial score (nSPS) is 15.8. The van der Waals surface area contributed by atoms with Crippen LogP contribution in [0.1, 0.15) is 49.2 Å². The highest BCUT2D eigenvalue weighted by Crippen LogP contribution is 2.20. The Morgan fingerprint density at radius 1 is 1.14 bits per heavy atom. The van der Waals surface area contributed by atoms with Crippen molar-refractivity contribution in [3.8, 4) is 0 Å². The number of carbonyl (C=O) groups is 1. The zero-order valence-corrected chi connectivity index (χ0v) is 17.3. The highest BCUT2D eigenvalue weighted by molar-refractivity contribution is 6.05. The average molecular weight is 387 g/mol. The molecule has 1 saturated heterocycles. The standard InChI is InChI=1S/C20H29N5O3/c1-13-11-14(15-16(22-13)23(4)19(28)24(5)18(15)27)17(26)21-12-20(2,3)25-9-7-6-8-10-25/h11H,6-10,12H2,1-5H3,(H,21,26). The summed E-state index contributed by atoms with van der Waals surface area (Å²) in [6, 6.07) is 1.61. The summed E-state index contributed by atoms with van der Waals surface area (Å²) in [6.45, 7) is 8.52. The molecule has 1 N–H and O–H groups in total. The number of rotatable bonds is 4. The largest absolute Gasteiger partial charge is 0.350 e. The van der Waals surface area contributed by atoms with Crippen molar-refractivity contribution in [2.75, 3.05) is 19.6 Å². The minimum Gasteiger partial charge on any atom is -0.350 e. The van der Waals surface area contributed by atoms with E-state index in [-0.39, 0.29) is 28.0 Å². The van der Waals surface area contributed by atoms with E-state index in [2.05, 4.69) is 29.0 Å². The molecule has 1 fully saturated rings. The lowest BCUT2D eigenvalue weighted by atomic mass is 9.98. The summed E-state index contributed by atoms with van der Waals surface area (Å²) in [6.07, 6.45) is 3.61. The zero-order chi connectivity index (χ0) is 20.6. The van der Waals surface area contributed by atoms with Crippen LogP contribution in [0.15, 0.2) is 15.7 Å². The maximum atomic E-state index is 13.0. The second kappa shape index (κ2) is 7.50. The van der Waals surface area contributed by atoms with Gasteiger partial charge in [-0.15, -0.1) is 0 Å². The smallest absolute Gasteiger partial charge is 0.332 e. The Hall–Kier alpha value is -2.48. The van der Waals surface area contributed by atoms with Gasteiger partial charge in [0.25, 0.3) is 11.5 Å². The third-order valence-corrected chi connectivity index (χ3v) is 5.68. The zero-order valence-electron chi connectivity index (χ0n) is 17.3. The predicted molar refractivity (Wildman–Crippen MR) is 109 cm³/mol. The number of aromatic nitrogens is 3. The van der Waals surface area contributed by atoms with Gasteiger partial charge in [0, 0.05) is 31.9 Å². The van der Waals surface area contributed by atoms with E-state index in [1.54, 1.807) is 20.0 Å². The van der Waals surface area contributed by atoms with Gasteiger partial charge < -0.3 is 5.32 Å². The van der Waals surface area contributed by atoms with Gasteiger partial charge in [-0.3, -0.25) is 23.6 Å². The van der Waals surface area contributed by atoms with Crippen molar-refractivity contribution in [1.82, 2.24) is 24.3 Å². The van der Waals surface area contributed by atoms with Gasteiger partial charge in [-0.05, 0) is 52.8 Å². The summed E-state index contributed by atoms with van der Waals surface area (Å²) in [5, 5.41) is 3.16. The van der Waals surface area contributed by atoms with Gasteiger partial charge >= 0.3 is 5.69 Å². The highest BCUT2D eigenvalue weighted by Gasteiger charge is 2.29. The molecule has 1 amide bonds. The van der Waals surface area contributed by atoms with Crippen LogP contribution in [0, 0.1) is 6.92 Å². The molecule has 3 rings (SSSR count). The van der Waals surface area contributed by atoms with Crippen molar-refractivity contribution in [2.45, 2.75) is 45.6 Å². The average Bonchev–Trinajstić information content (AvgIpc) is 2.68. The molecule has 8 nitrogen and oxygen atoms in total. The van der Waals surface area contributed by atoms with E-state index >= 15 is 0 Å². The highest BCUT2D eigenvalue weighted by atomic mass is 16.2. The van der Waals surface area contributed by atoms with Gasteiger partial charge in [0.15, 0.2) is 0 Å². The molecule has 152 valence electrons. The third-order valence-electron chi connectivity index (χ3n) is 5.68. The Labute approximate surface area is 164 Å². The Balaban J connectivity index is 1.96. The molecule has 28 heavy (non-hydrogen) atoms. The van der Waals surface area contributed by atoms with Gasteiger partial charge in [-0.2, -0.15) is 0 Å². The molecule has 0 radical (unpaired) electrons. The number of amides is 1. The summed E-state index contributed by atoms with van der Waals surface area (Å²) in [7, 11) is 2.96. The molecule has 1 aliphatic heterocycles. The maximum Gasteiger partial charge on any atom is 0.332 e. The van der Waals surface area contributed by atoms with Crippen LogP contribution in [0.3, 0.4) is 0 Å². The van der Waals surface area contributed by atoms with Crippen LogP contribution < -0.4 is 16.6 Å². The second-order valence-corrected chi connectivity index (χ2v) is 8.26. The first kappa shape index (κ1) is 20.3.